The average molecular weight is 458 g/mol. The monoisotopic (exact) mass is 457 g/mol. The Bertz CT molecular complexity index is 864. The molecule has 0 amide bonds. The van der Waals surface area contributed by atoms with Gasteiger partial charge in [0.05, 0.1) is 6.42 Å². The van der Waals surface area contributed by atoms with E-state index in [4.69, 9.17) is 4.74 Å². The number of ether oxygens (including phenoxy) is 1. The minimum Gasteiger partial charge on any atom is -0.461 e. The van der Waals surface area contributed by atoms with E-state index in [0.717, 1.165) is 31.7 Å². The molecule has 0 spiro atoms. The summed E-state index contributed by atoms with van der Waals surface area (Å²) in [6.45, 7) is 5.14. The van der Waals surface area contributed by atoms with Gasteiger partial charge in [-0.05, 0) is 17.7 Å². The van der Waals surface area contributed by atoms with Gasteiger partial charge in [-0.2, -0.15) is 0 Å². The number of carbonyl (C=O) groups is 1. The topological polar surface area (TPSA) is 36.0 Å². The second-order valence-electron chi connectivity index (χ2n) is 9.02. The van der Waals surface area contributed by atoms with Crippen molar-refractivity contribution in [1.29, 1.82) is 0 Å². The molecule has 2 aliphatic rings. The van der Waals surface area contributed by atoms with Gasteiger partial charge in [0.2, 0.25) is 0 Å². The van der Waals surface area contributed by atoms with Gasteiger partial charge >= 0.3 is 5.97 Å². The van der Waals surface area contributed by atoms with Crippen molar-refractivity contribution < 1.29 is 18.3 Å². The summed E-state index contributed by atoms with van der Waals surface area (Å²) in [5, 5.41) is 0. The first kappa shape index (κ1) is 23.6. The van der Waals surface area contributed by atoms with Crippen molar-refractivity contribution in [1.82, 2.24) is 9.80 Å². The Hall–Kier alpha value is -2.51. The molecule has 2 saturated heterocycles. The fourth-order valence-corrected chi connectivity index (χ4v) is 4.64. The number of rotatable bonds is 8. The molecule has 7 heteroatoms. The Morgan fingerprint density at radius 1 is 0.879 bits per heavy atom. The van der Waals surface area contributed by atoms with Crippen molar-refractivity contribution in [2.45, 2.75) is 37.8 Å². The van der Waals surface area contributed by atoms with Gasteiger partial charge in [-0.25, -0.2) is 8.78 Å². The number of hydrogen-bond donors (Lipinski definition) is 0. The summed E-state index contributed by atoms with van der Waals surface area (Å²) in [7, 11) is 0. The molecule has 4 rings (SSSR count). The first-order valence-corrected chi connectivity index (χ1v) is 11.8. The second kappa shape index (κ2) is 11.1. The van der Waals surface area contributed by atoms with Crippen LogP contribution in [0.2, 0.25) is 0 Å². The third kappa shape index (κ3) is 6.98. The number of esters is 1. The third-order valence-electron chi connectivity index (χ3n) is 6.65. The molecule has 2 aromatic rings. The molecule has 33 heavy (non-hydrogen) atoms. The lowest BCUT2D eigenvalue weighted by atomic mass is 10.0. The fraction of sp³-hybridized carbons (Fsp3) is 0.500. The van der Waals surface area contributed by atoms with Crippen molar-refractivity contribution in [3.8, 4) is 0 Å². The predicted molar refractivity (Wildman–Crippen MR) is 125 cm³/mol. The molecule has 0 radical (unpaired) electrons. The fourth-order valence-electron chi connectivity index (χ4n) is 4.64. The third-order valence-corrected chi connectivity index (χ3v) is 6.65. The number of halogens is 2. The summed E-state index contributed by atoms with van der Waals surface area (Å²) in [5.41, 5.74) is 2.16. The van der Waals surface area contributed by atoms with E-state index < -0.39 is 5.92 Å². The summed E-state index contributed by atoms with van der Waals surface area (Å²) in [4.78, 5) is 19.4. The normalized spacial score (nSPS) is 20.4. The highest BCUT2D eigenvalue weighted by molar-refractivity contribution is 5.70. The summed E-state index contributed by atoms with van der Waals surface area (Å²) < 4.78 is 33.0. The highest BCUT2D eigenvalue weighted by Gasteiger charge is 2.37. The van der Waals surface area contributed by atoms with Gasteiger partial charge in [-0.1, -0.05) is 48.5 Å². The molecular formula is C26H33F2N3O2. The van der Waals surface area contributed by atoms with Crippen molar-refractivity contribution in [3.05, 3.63) is 66.2 Å². The highest BCUT2D eigenvalue weighted by atomic mass is 19.3. The van der Waals surface area contributed by atoms with Crippen molar-refractivity contribution in [3.63, 3.8) is 0 Å². The van der Waals surface area contributed by atoms with Crippen LogP contribution in [-0.4, -0.2) is 73.5 Å². The van der Waals surface area contributed by atoms with Crippen LogP contribution in [0.25, 0.3) is 0 Å². The van der Waals surface area contributed by atoms with E-state index in [1.54, 1.807) is 0 Å². The van der Waals surface area contributed by atoms with Crippen LogP contribution in [0.3, 0.4) is 0 Å². The molecule has 2 heterocycles. The minimum atomic E-state index is -2.60. The molecular weight excluding hydrogens is 424 g/mol. The summed E-state index contributed by atoms with van der Waals surface area (Å²) in [6.07, 6.45) is -0.0774. The zero-order valence-electron chi connectivity index (χ0n) is 19.0. The van der Waals surface area contributed by atoms with E-state index in [9.17, 15) is 13.6 Å². The number of nitrogens with zero attached hydrogens (tertiary/aromatic N) is 3. The quantitative estimate of drug-likeness (QED) is 0.559. The number of anilines is 1. The van der Waals surface area contributed by atoms with Gasteiger partial charge in [0.15, 0.2) is 0 Å². The molecule has 0 bridgehead atoms. The molecule has 1 unspecified atom stereocenters. The second-order valence-corrected chi connectivity index (χ2v) is 9.02. The van der Waals surface area contributed by atoms with E-state index in [2.05, 4.69) is 26.8 Å². The molecule has 2 aliphatic heterocycles. The van der Waals surface area contributed by atoms with E-state index >= 15 is 0 Å². The number of hydrogen-bond acceptors (Lipinski definition) is 5. The van der Waals surface area contributed by atoms with Crippen LogP contribution < -0.4 is 4.90 Å². The number of likely N-dealkylation sites (tertiary alicyclic amines) is 1. The number of para-hydroxylation sites is 1. The van der Waals surface area contributed by atoms with Gasteiger partial charge in [-0.15, -0.1) is 0 Å². The number of piperazine rings is 1. The van der Waals surface area contributed by atoms with Crippen LogP contribution in [0.15, 0.2) is 60.7 Å². The Morgan fingerprint density at radius 3 is 2.12 bits per heavy atom. The maximum atomic E-state index is 13.7. The summed E-state index contributed by atoms with van der Waals surface area (Å²) in [6, 6.07) is 19.8. The van der Waals surface area contributed by atoms with Crippen LogP contribution in [0.1, 0.15) is 24.8 Å². The SMILES string of the molecule is O=C(CC(CN1CCN(c2ccccc2)CC1)N1CCC(F)(F)CC1)OCc1ccccc1. The van der Waals surface area contributed by atoms with E-state index in [-0.39, 0.29) is 37.9 Å². The van der Waals surface area contributed by atoms with E-state index in [1.807, 2.05) is 48.5 Å². The zero-order valence-corrected chi connectivity index (χ0v) is 19.0. The minimum absolute atomic E-state index is 0.118. The van der Waals surface area contributed by atoms with Gasteiger partial charge in [-0.3, -0.25) is 14.6 Å². The van der Waals surface area contributed by atoms with Crippen molar-refractivity contribution in [2.24, 2.45) is 0 Å². The van der Waals surface area contributed by atoms with Gasteiger partial charge < -0.3 is 9.64 Å². The lowest BCUT2D eigenvalue weighted by molar-refractivity contribution is -0.147. The summed E-state index contributed by atoms with van der Waals surface area (Å²) in [5.74, 6) is -2.87. The first-order valence-electron chi connectivity index (χ1n) is 11.8. The summed E-state index contributed by atoms with van der Waals surface area (Å²) >= 11 is 0. The molecule has 0 N–H and O–H groups in total. The van der Waals surface area contributed by atoms with E-state index in [1.165, 1.54) is 5.69 Å². The van der Waals surface area contributed by atoms with Crippen LogP contribution in [-0.2, 0) is 16.1 Å². The van der Waals surface area contributed by atoms with Gasteiger partial charge in [0.1, 0.15) is 6.61 Å². The molecule has 178 valence electrons. The number of piperidine rings is 1. The van der Waals surface area contributed by atoms with Crippen LogP contribution in [0, 0.1) is 0 Å². The largest absolute Gasteiger partial charge is 0.461 e. The molecule has 5 nitrogen and oxygen atoms in total. The van der Waals surface area contributed by atoms with Crippen LogP contribution in [0.5, 0.6) is 0 Å². The maximum absolute atomic E-state index is 13.7. The Morgan fingerprint density at radius 2 is 1.48 bits per heavy atom. The van der Waals surface area contributed by atoms with Gasteiger partial charge in [0.25, 0.3) is 5.92 Å². The first-order chi connectivity index (χ1) is 16.0. The molecule has 0 aliphatic carbocycles. The number of carbonyl (C=O) groups excluding carboxylic acids is 1. The Labute approximate surface area is 194 Å². The smallest absolute Gasteiger partial charge is 0.307 e. The Balaban J connectivity index is 1.33. The van der Waals surface area contributed by atoms with E-state index in [0.29, 0.717) is 19.6 Å². The van der Waals surface area contributed by atoms with Crippen molar-refractivity contribution in [2.75, 3.05) is 50.7 Å². The van der Waals surface area contributed by atoms with Crippen LogP contribution >= 0.6 is 0 Å². The van der Waals surface area contributed by atoms with Gasteiger partial charge in [0, 0.05) is 70.4 Å². The molecule has 1 atom stereocenters. The lowest BCUT2D eigenvalue weighted by Crippen LogP contribution is -2.54. The average Bonchev–Trinajstić information content (AvgIpc) is 2.84. The number of alkyl halides is 2. The molecule has 2 aromatic carbocycles. The molecule has 0 aromatic heterocycles. The molecule has 0 saturated carbocycles. The molecule has 2 fully saturated rings. The number of benzene rings is 2. The highest BCUT2D eigenvalue weighted by Crippen LogP contribution is 2.29. The van der Waals surface area contributed by atoms with Crippen LogP contribution in [0.4, 0.5) is 14.5 Å². The predicted octanol–water partition coefficient (Wildman–Crippen LogP) is 4.04. The zero-order chi connectivity index (χ0) is 23.1. The standard InChI is InChI=1S/C26H33F2N3O2/c27-26(28)11-13-30(14-12-26)24(19-25(32)33-21-22-7-3-1-4-8-22)20-29-15-17-31(18-16-29)23-9-5-2-6-10-23/h1-10,24H,11-21H2. The lowest BCUT2D eigenvalue weighted by Gasteiger charge is -2.42. The maximum Gasteiger partial charge on any atom is 0.307 e. The van der Waals surface area contributed by atoms with Crippen molar-refractivity contribution >= 4 is 11.7 Å². The Kier molecular flexibility index (Phi) is 7.93.